The van der Waals surface area contributed by atoms with Gasteiger partial charge in [-0.2, -0.15) is 0 Å². The molecule has 0 bridgehead atoms. The van der Waals surface area contributed by atoms with E-state index in [-0.39, 0.29) is 11.3 Å². The Labute approximate surface area is 129 Å². The van der Waals surface area contributed by atoms with Gasteiger partial charge in [-0.1, -0.05) is 55.5 Å². The number of benzene rings is 2. The van der Waals surface area contributed by atoms with Crippen molar-refractivity contribution in [3.05, 3.63) is 59.7 Å². The average Bonchev–Trinajstić information content (AvgIpc) is 2.82. The first-order chi connectivity index (χ1) is 10.2. The van der Waals surface area contributed by atoms with Crippen molar-refractivity contribution in [3.8, 4) is 11.1 Å². The minimum Gasteiger partial charge on any atom is -0.306 e. The lowest BCUT2D eigenvalue weighted by Crippen LogP contribution is -2.25. The quantitative estimate of drug-likeness (QED) is 0.915. The Morgan fingerprint density at radius 1 is 1.05 bits per heavy atom. The van der Waals surface area contributed by atoms with Crippen molar-refractivity contribution in [2.24, 2.45) is 0 Å². The SMILES string of the molecule is C[C@@H](CCNC1c2ccccc2-c2ccccc21)[S@](C)=O. The predicted octanol–water partition coefficient (Wildman–Crippen LogP) is 3.50. The molecule has 110 valence electrons. The van der Waals surface area contributed by atoms with Gasteiger partial charge < -0.3 is 5.32 Å². The molecule has 0 spiro atoms. The topological polar surface area (TPSA) is 29.1 Å². The monoisotopic (exact) mass is 299 g/mol. The van der Waals surface area contributed by atoms with Gasteiger partial charge >= 0.3 is 0 Å². The zero-order valence-electron chi connectivity index (χ0n) is 12.5. The van der Waals surface area contributed by atoms with E-state index in [0.29, 0.717) is 0 Å². The van der Waals surface area contributed by atoms with E-state index >= 15 is 0 Å². The van der Waals surface area contributed by atoms with Crippen LogP contribution in [0.1, 0.15) is 30.5 Å². The summed E-state index contributed by atoms with van der Waals surface area (Å²) in [5.74, 6) is 0. The highest BCUT2D eigenvalue weighted by atomic mass is 32.2. The highest BCUT2D eigenvalue weighted by Gasteiger charge is 2.27. The van der Waals surface area contributed by atoms with Gasteiger partial charge in [-0.3, -0.25) is 4.21 Å². The first-order valence-electron chi connectivity index (χ1n) is 7.42. The minimum atomic E-state index is -0.744. The van der Waals surface area contributed by atoms with Crippen molar-refractivity contribution in [1.29, 1.82) is 0 Å². The Bertz CT molecular complexity index is 622. The maximum absolute atomic E-state index is 11.5. The van der Waals surface area contributed by atoms with Gasteiger partial charge in [0.05, 0.1) is 6.04 Å². The first-order valence-corrected chi connectivity index (χ1v) is 9.04. The Hall–Kier alpha value is -1.45. The molecule has 0 aromatic heterocycles. The summed E-state index contributed by atoms with van der Waals surface area (Å²) in [4.78, 5) is 0. The van der Waals surface area contributed by atoms with Crippen LogP contribution in [0.25, 0.3) is 11.1 Å². The molecule has 0 fully saturated rings. The van der Waals surface area contributed by atoms with E-state index < -0.39 is 10.8 Å². The highest BCUT2D eigenvalue weighted by molar-refractivity contribution is 7.84. The lowest BCUT2D eigenvalue weighted by atomic mass is 10.1. The molecular formula is C18H21NOS. The molecule has 3 rings (SSSR count). The molecule has 0 heterocycles. The number of fused-ring (bicyclic) bond motifs is 3. The standard InChI is InChI=1S/C18H21NOS/c1-13(21(2)20)11-12-19-18-16-9-5-3-7-14(16)15-8-4-6-10-17(15)18/h3-10,13,18-19H,11-12H2,1-2H3/t13-,21-/m0/s1. The third-order valence-electron chi connectivity index (χ3n) is 4.30. The van der Waals surface area contributed by atoms with Crippen molar-refractivity contribution < 1.29 is 4.21 Å². The summed E-state index contributed by atoms with van der Waals surface area (Å²) in [6.45, 7) is 2.93. The summed E-state index contributed by atoms with van der Waals surface area (Å²) in [5.41, 5.74) is 5.36. The number of rotatable bonds is 5. The summed E-state index contributed by atoms with van der Waals surface area (Å²) in [6, 6.07) is 17.4. The molecule has 1 N–H and O–H groups in total. The molecule has 1 aliphatic rings. The normalized spacial score (nSPS) is 16.3. The van der Waals surface area contributed by atoms with Gasteiger partial charge in [0.25, 0.3) is 0 Å². The largest absolute Gasteiger partial charge is 0.306 e. The summed E-state index contributed by atoms with van der Waals surface area (Å²) < 4.78 is 11.5. The third kappa shape index (κ3) is 2.81. The van der Waals surface area contributed by atoms with E-state index in [4.69, 9.17) is 0 Å². The van der Waals surface area contributed by atoms with Crippen molar-refractivity contribution in [2.75, 3.05) is 12.8 Å². The van der Waals surface area contributed by atoms with E-state index in [0.717, 1.165) is 13.0 Å². The van der Waals surface area contributed by atoms with Crippen LogP contribution in [-0.2, 0) is 10.8 Å². The van der Waals surface area contributed by atoms with Crippen LogP contribution in [0, 0.1) is 0 Å². The summed E-state index contributed by atoms with van der Waals surface area (Å²) in [6.07, 6.45) is 2.72. The van der Waals surface area contributed by atoms with Crippen LogP contribution in [0.2, 0.25) is 0 Å². The second-order valence-electron chi connectivity index (χ2n) is 5.66. The lowest BCUT2D eigenvalue weighted by Gasteiger charge is -2.17. The molecule has 0 amide bonds. The molecule has 2 atom stereocenters. The first kappa shape index (κ1) is 14.5. The number of hydrogen-bond acceptors (Lipinski definition) is 2. The van der Waals surface area contributed by atoms with Crippen LogP contribution in [-0.4, -0.2) is 22.3 Å². The second kappa shape index (κ2) is 6.12. The van der Waals surface area contributed by atoms with Crippen LogP contribution in [0.3, 0.4) is 0 Å². The maximum Gasteiger partial charge on any atom is 0.0588 e. The zero-order valence-corrected chi connectivity index (χ0v) is 13.3. The molecule has 0 saturated heterocycles. The van der Waals surface area contributed by atoms with E-state index in [1.807, 2.05) is 6.92 Å². The Morgan fingerprint density at radius 2 is 1.57 bits per heavy atom. The number of nitrogens with one attached hydrogen (secondary N) is 1. The fourth-order valence-electron chi connectivity index (χ4n) is 2.97. The molecule has 0 radical (unpaired) electrons. The van der Waals surface area contributed by atoms with Gasteiger partial charge in [-0.05, 0) is 35.2 Å². The van der Waals surface area contributed by atoms with E-state index in [1.165, 1.54) is 22.3 Å². The predicted molar refractivity (Wildman–Crippen MR) is 89.9 cm³/mol. The van der Waals surface area contributed by atoms with E-state index in [2.05, 4.69) is 53.8 Å². The van der Waals surface area contributed by atoms with Gasteiger partial charge in [0.15, 0.2) is 0 Å². The smallest absolute Gasteiger partial charge is 0.0588 e. The van der Waals surface area contributed by atoms with Crippen LogP contribution in [0.5, 0.6) is 0 Å². The minimum absolute atomic E-state index is 0.240. The van der Waals surface area contributed by atoms with Gasteiger partial charge in [-0.15, -0.1) is 0 Å². The van der Waals surface area contributed by atoms with Gasteiger partial charge in [0.2, 0.25) is 0 Å². The van der Waals surface area contributed by atoms with Crippen LogP contribution in [0.4, 0.5) is 0 Å². The fourth-order valence-corrected chi connectivity index (χ4v) is 3.42. The highest BCUT2D eigenvalue weighted by Crippen LogP contribution is 2.42. The van der Waals surface area contributed by atoms with Crippen LogP contribution in [0.15, 0.2) is 48.5 Å². The van der Waals surface area contributed by atoms with Crippen molar-refractivity contribution >= 4 is 10.8 Å². The van der Waals surface area contributed by atoms with Crippen molar-refractivity contribution in [1.82, 2.24) is 5.32 Å². The molecule has 3 heteroatoms. The molecule has 0 aliphatic heterocycles. The second-order valence-corrected chi connectivity index (χ2v) is 7.46. The zero-order chi connectivity index (χ0) is 14.8. The summed E-state index contributed by atoms with van der Waals surface area (Å²) in [7, 11) is -0.744. The van der Waals surface area contributed by atoms with Crippen LogP contribution < -0.4 is 5.32 Å². The molecule has 21 heavy (non-hydrogen) atoms. The number of hydrogen-bond donors (Lipinski definition) is 1. The van der Waals surface area contributed by atoms with Gasteiger partial charge in [-0.25, -0.2) is 0 Å². The van der Waals surface area contributed by atoms with E-state index in [9.17, 15) is 4.21 Å². The van der Waals surface area contributed by atoms with Gasteiger partial charge in [0.1, 0.15) is 0 Å². The van der Waals surface area contributed by atoms with Gasteiger partial charge in [0, 0.05) is 22.3 Å². The lowest BCUT2D eigenvalue weighted by molar-refractivity contribution is 0.584. The average molecular weight is 299 g/mol. The van der Waals surface area contributed by atoms with Crippen molar-refractivity contribution in [3.63, 3.8) is 0 Å². The van der Waals surface area contributed by atoms with Crippen molar-refractivity contribution in [2.45, 2.75) is 24.6 Å². The molecule has 0 saturated carbocycles. The Balaban J connectivity index is 1.81. The Morgan fingerprint density at radius 3 is 2.10 bits per heavy atom. The molecule has 2 aromatic rings. The maximum atomic E-state index is 11.5. The molecule has 1 aliphatic carbocycles. The molecule has 2 aromatic carbocycles. The Kier molecular flexibility index (Phi) is 4.22. The third-order valence-corrected chi connectivity index (χ3v) is 5.67. The molecular weight excluding hydrogens is 278 g/mol. The van der Waals surface area contributed by atoms with Crippen LogP contribution >= 0.6 is 0 Å². The fraction of sp³-hybridized carbons (Fsp3) is 0.333. The molecule has 2 nitrogen and oxygen atoms in total. The summed E-state index contributed by atoms with van der Waals surface area (Å²) >= 11 is 0. The van der Waals surface area contributed by atoms with E-state index in [1.54, 1.807) is 6.26 Å². The molecule has 0 unspecified atom stereocenters. The summed E-state index contributed by atoms with van der Waals surface area (Å²) in [5, 5.41) is 3.89.